The highest BCUT2D eigenvalue weighted by atomic mass is 32.2. The number of nitrogens with zero attached hydrogens (tertiary/aromatic N) is 1. The molecule has 2 unspecified atom stereocenters. The highest BCUT2D eigenvalue weighted by Crippen LogP contribution is 2.31. The summed E-state index contributed by atoms with van der Waals surface area (Å²) in [5.74, 6) is -2.35. The highest BCUT2D eigenvalue weighted by Gasteiger charge is 2.38. The molecule has 0 aliphatic carbocycles. The molecular weight excluding hydrogens is 316 g/mol. The number of primary amides is 1. The van der Waals surface area contributed by atoms with Crippen molar-refractivity contribution in [2.75, 3.05) is 6.54 Å². The lowest BCUT2D eigenvalue weighted by molar-refractivity contribution is -0.123. The Balaban J connectivity index is 2.39. The Labute approximate surface area is 126 Å². The summed E-state index contributed by atoms with van der Waals surface area (Å²) >= 11 is 0.860. The topological polar surface area (TPSA) is 118 Å². The van der Waals surface area contributed by atoms with E-state index in [9.17, 15) is 18.0 Å². The fraction of sp³-hybridized carbons (Fsp3) is 0.500. The summed E-state index contributed by atoms with van der Waals surface area (Å²) in [7, 11) is -3.95. The molecule has 0 bridgehead atoms. The van der Waals surface area contributed by atoms with Crippen LogP contribution in [0, 0.1) is 5.92 Å². The molecule has 116 valence electrons. The van der Waals surface area contributed by atoms with Gasteiger partial charge in [0.25, 0.3) is 0 Å². The number of sulfonamides is 1. The third-order valence-corrected chi connectivity index (χ3v) is 6.69. The molecule has 1 fully saturated rings. The standard InChI is InChI=1S/C12H16N2O5S2/c1-7-2-3-8(11(13)15)6-14(7)21(18,19)9-4-5-20-10(9)12(16)17/h4-5,7-8H,2-3,6H2,1H3,(H2,13,15)(H,16,17). The number of amides is 1. The van der Waals surface area contributed by atoms with E-state index in [4.69, 9.17) is 10.8 Å². The van der Waals surface area contributed by atoms with Crippen LogP contribution >= 0.6 is 11.3 Å². The van der Waals surface area contributed by atoms with Gasteiger partial charge in [-0.1, -0.05) is 0 Å². The number of aromatic carboxylic acids is 1. The molecule has 1 aromatic rings. The molecule has 3 N–H and O–H groups in total. The summed E-state index contributed by atoms with van der Waals surface area (Å²) in [6.45, 7) is 1.73. The van der Waals surface area contributed by atoms with E-state index in [1.165, 1.54) is 15.8 Å². The first kappa shape index (κ1) is 15.9. The Bertz CT molecular complexity index is 667. The van der Waals surface area contributed by atoms with Crippen LogP contribution in [0.2, 0.25) is 0 Å². The van der Waals surface area contributed by atoms with E-state index in [1.807, 2.05) is 0 Å². The number of carboxylic acid groups (broad SMARTS) is 1. The molecular formula is C12H16N2O5S2. The largest absolute Gasteiger partial charge is 0.477 e. The van der Waals surface area contributed by atoms with Gasteiger partial charge in [-0.2, -0.15) is 4.31 Å². The second kappa shape index (κ2) is 5.74. The van der Waals surface area contributed by atoms with Gasteiger partial charge in [-0.25, -0.2) is 13.2 Å². The van der Waals surface area contributed by atoms with Crippen molar-refractivity contribution in [3.8, 4) is 0 Å². The molecule has 0 saturated carbocycles. The van der Waals surface area contributed by atoms with Gasteiger partial charge in [-0.15, -0.1) is 11.3 Å². The maximum absolute atomic E-state index is 12.7. The average Bonchev–Trinajstić information content (AvgIpc) is 2.88. The lowest BCUT2D eigenvalue weighted by Crippen LogP contribution is -2.48. The molecule has 1 amide bonds. The maximum Gasteiger partial charge on any atom is 0.347 e. The maximum atomic E-state index is 12.7. The molecule has 2 rings (SSSR count). The van der Waals surface area contributed by atoms with Crippen molar-refractivity contribution in [1.82, 2.24) is 4.31 Å². The summed E-state index contributed by atoms with van der Waals surface area (Å²) < 4.78 is 26.5. The Hall–Kier alpha value is -1.45. The van der Waals surface area contributed by atoms with Crippen molar-refractivity contribution < 1.29 is 23.1 Å². The zero-order chi connectivity index (χ0) is 15.8. The summed E-state index contributed by atoms with van der Waals surface area (Å²) in [6.07, 6.45) is 1.05. The summed E-state index contributed by atoms with van der Waals surface area (Å²) in [6, 6.07) is 0.983. The zero-order valence-corrected chi connectivity index (χ0v) is 13.0. The molecule has 1 aromatic heterocycles. The van der Waals surface area contributed by atoms with Crippen LogP contribution in [-0.2, 0) is 14.8 Å². The predicted octanol–water partition coefficient (Wildman–Crippen LogP) is 0.721. The van der Waals surface area contributed by atoms with Gasteiger partial charge >= 0.3 is 5.97 Å². The third kappa shape index (κ3) is 2.94. The van der Waals surface area contributed by atoms with Gasteiger partial charge in [-0.3, -0.25) is 4.79 Å². The fourth-order valence-corrected chi connectivity index (χ4v) is 5.37. The van der Waals surface area contributed by atoms with Gasteiger partial charge in [0.15, 0.2) is 0 Å². The number of hydrogen-bond acceptors (Lipinski definition) is 5. The molecule has 1 aliphatic rings. The minimum atomic E-state index is -3.95. The van der Waals surface area contributed by atoms with E-state index in [0.29, 0.717) is 12.8 Å². The Morgan fingerprint density at radius 1 is 1.43 bits per heavy atom. The lowest BCUT2D eigenvalue weighted by atomic mass is 9.95. The SMILES string of the molecule is CC1CCC(C(N)=O)CN1S(=O)(=O)c1ccsc1C(=O)O. The van der Waals surface area contributed by atoms with Gasteiger partial charge in [0.05, 0.1) is 5.92 Å². The van der Waals surface area contributed by atoms with Crippen molar-refractivity contribution in [1.29, 1.82) is 0 Å². The second-order valence-electron chi connectivity index (χ2n) is 5.02. The molecule has 2 atom stereocenters. The van der Waals surface area contributed by atoms with E-state index in [0.717, 1.165) is 11.3 Å². The van der Waals surface area contributed by atoms with Crippen LogP contribution in [0.4, 0.5) is 0 Å². The van der Waals surface area contributed by atoms with Gasteiger partial charge in [0.1, 0.15) is 9.77 Å². The minimum Gasteiger partial charge on any atom is -0.477 e. The number of rotatable bonds is 4. The van der Waals surface area contributed by atoms with E-state index >= 15 is 0 Å². The van der Waals surface area contributed by atoms with Crippen LogP contribution in [0.1, 0.15) is 29.4 Å². The molecule has 21 heavy (non-hydrogen) atoms. The summed E-state index contributed by atoms with van der Waals surface area (Å²) in [5, 5.41) is 10.5. The van der Waals surface area contributed by atoms with Crippen LogP contribution < -0.4 is 5.73 Å². The van der Waals surface area contributed by atoms with Crippen LogP contribution in [0.5, 0.6) is 0 Å². The van der Waals surface area contributed by atoms with Crippen LogP contribution in [-0.4, -0.2) is 42.3 Å². The second-order valence-corrected chi connectivity index (χ2v) is 7.79. The van der Waals surface area contributed by atoms with Crippen LogP contribution in [0.25, 0.3) is 0 Å². The summed E-state index contributed by atoms with van der Waals surface area (Å²) in [4.78, 5) is 22.0. The average molecular weight is 332 g/mol. The van der Waals surface area contributed by atoms with E-state index in [2.05, 4.69) is 0 Å². The number of thiophene rings is 1. The van der Waals surface area contributed by atoms with Crippen LogP contribution in [0.3, 0.4) is 0 Å². The fourth-order valence-electron chi connectivity index (χ4n) is 2.42. The van der Waals surface area contributed by atoms with Gasteiger partial charge in [0, 0.05) is 12.6 Å². The van der Waals surface area contributed by atoms with E-state index in [1.54, 1.807) is 6.92 Å². The molecule has 2 heterocycles. The monoisotopic (exact) mass is 332 g/mol. The minimum absolute atomic E-state index is 0.00621. The van der Waals surface area contributed by atoms with Crippen molar-refractivity contribution in [3.63, 3.8) is 0 Å². The highest BCUT2D eigenvalue weighted by molar-refractivity contribution is 7.89. The number of nitrogens with two attached hydrogens (primary N) is 1. The number of carbonyl (C=O) groups is 2. The third-order valence-electron chi connectivity index (χ3n) is 3.64. The van der Waals surface area contributed by atoms with Crippen LogP contribution in [0.15, 0.2) is 16.3 Å². The Kier molecular flexibility index (Phi) is 4.35. The first-order valence-electron chi connectivity index (χ1n) is 6.37. The Morgan fingerprint density at radius 3 is 2.67 bits per heavy atom. The van der Waals surface area contributed by atoms with E-state index in [-0.39, 0.29) is 22.4 Å². The van der Waals surface area contributed by atoms with Crippen molar-refractivity contribution in [3.05, 3.63) is 16.3 Å². The first-order valence-corrected chi connectivity index (χ1v) is 8.69. The normalized spacial score (nSPS) is 23.9. The number of piperidine rings is 1. The van der Waals surface area contributed by atoms with Gasteiger partial charge in [-0.05, 0) is 31.2 Å². The number of hydrogen-bond donors (Lipinski definition) is 2. The van der Waals surface area contributed by atoms with Gasteiger partial charge in [0.2, 0.25) is 15.9 Å². The van der Waals surface area contributed by atoms with Crippen molar-refractivity contribution in [2.24, 2.45) is 11.7 Å². The van der Waals surface area contributed by atoms with Crippen molar-refractivity contribution >= 4 is 33.2 Å². The van der Waals surface area contributed by atoms with Gasteiger partial charge < -0.3 is 10.8 Å². The summed E-state index contributed by atoms with van der Waals surface area (Å²) in [5.41, 5.74) is 5.26. The number of carbonyl (C=O) groups excluding carboxylic acids is 1. The molecule has 7 nitrogen and oxygen atoms in total. The molecule has 9 heteroatoms. The zero-order valence-electron chi connectivity index (χ0n) is 11.4. The lowest BCUT2D eigenvalue weighted by Gasteiger charge is -2.35. The molecule has 0 aromatic carbocycles. The van der Waals surface area contributed by atoms with Crippen molar-refractivity contribution in [2.45, 2.75) is 30.7 Å². The Morgan fingerprint density at radius 2 is 2.10 bits per heavy atom. The molecule has 1 saturated heterocycles. The molecule has 1 aliphatic heterocycles. The van der Waals surface area contributed by atoms with E-state index < -0.39 is 27.8 Å². The predicted molar refractivity (Wildman–Crippen MR) is 76.6 cm³/mol. The smallest absolute Gasteiger partial charge is 0.347 e. The quantitative estimate of drug-likeness (QED) is 0.842. The molecule has 0 spiro atoms. The molecule has 0 radical (unpaired) electrons. The first-order chi connectivity index (χ1) is 9.75. The number of carboxylic acids is 1.